The smallest absolute Gasteiger partial charge is 0.536 e. The summed E-state index contributed by atoms with van der Waals surface area (Å²) in [6, 6.07) is 17.1. The van der Waals surface area contributed by atoms with Crippen LogP contribution < -0.4 is 0 Å². The highest BCUT2D eigenvalue weighted by atomic mass is 35.5. The SMILES string of the molecule is Cc1ccc(C)c([S+](CCl)c2ccccc2)c1.O=S(=O)([O-])OC(F)(F)F. The normalized spacial score (nSPS) is 12.9. The number of rotatable bonds is 4. The van der Waals surface area contributed by atoms with E-state index in [0.29, 0.717) is 5.21 Å². The standard InChI is InChI=1S/C15H16ClS.CHF3O4S/c1-12-8-9-13(2)15(10-12)17(11-16)14-6-4-3-5-7-14;2-1(3,4)8-9(5,6)7/h3-10H,11H2,1-2H3;(H,5,6,7)/q+1;/p-1. The zero-order valence-electron chi connectivity index (χ0n) is 13.8. The van der Waals surface area contributed by atoms with Gasteiger partial charge in [-0.1, -0.05) is 41.9 Å². The number of benzene rings is 2. The molecule has 0 saturated heterocycles. The Hall–Kier alpha value is -1.26. The molecule has 1 unspecified atom stereocenters. The van der Waals surface area contributed by atoms with Gasteiger partial charge in [0.2, 0.25) is 10.4 Å². The summed E-state index contributed by atoms with van der Waals surface area (Å²) in [5.74, 6) is 0. The molecular weight excluding hydrogens is 413 g/mol. The Balaban J connectivity index is 0.000000321. The first-order chi connectivity index (χ1) is 11.9. The van der Waals surface area contributed by atoms with E-state index in [1.54, 1.807) is 0 Å². The summed E-state index contributed by atoms with van der Waals surface area (Å²) in [6.07, 6.45) is -5.42. The third-order valence-corrected chi connectivity index (χ3v) is 6.02. The summed E-state index contributed by atoms with van der Waals surface area (Å²) >= 11 is 6.17. The fourth-order valence-corrected chi connectivity index (χ4v) is 4.65. The molecule has 1 atom stereocenters. The summed E-state index contributed by atoms with van der Waals surface area (Å²) in [7, 11) is -5.67. The van der Waals surface area contributed by atoms with E-state index in [0.717, 1.165) is 0 Å². The van der Waals surface area contributed by atoms with E-state index in [9.17, 15) is 13.2 Å². The van der Waals surface area contributed by atoms with Crippen LogP contribution in [0.2, 0.25) is 0 Å². The molecular formula is C16H16ClF3O4S2. The molecule has 2 rings (SSSR count). The van der Waals surface area contributed by atoms with Crippen LogP contribution >= 0.6 is 11.6 Å². The van der Waals surface area contributed by atoms with Crippen LogP contribution in [0.15, 0.2) is 58.3 Å². The molecule has 0 fully saturated rings. The van der Waals surface area contributed by atoms with E-state index in [-0.39, 0.29) is 10.9 Å². The molecule has 144 valence electrons. The number of hydrogen-bond donors (Lipinski definition) is 0. The van der Waals surface area contributed by atoms with E-state index in [1.807, 2.05) is 10.2 Å². The van der Waals surface area contributed by atoms with Crippen molar-refractivity contribution in [2.24, 2.45) is 0 Å². The molecule has 2 aromatic rings. The third-order valence-electron chi connectivity index (χ3n) is 2.94. The van der Waals surface area contributed by atoms with Crippen LogP contribution in [0, 0.1) is 13.8 Å². The summed E-state index contributed by atoms with van der Waals surface area (Å²) in [6.45, 7) is 4.29. The fraction of sp³-hybridized carbons (Fsp3) is 0.250. The largest absolute Gasteiger partial charge is 0.725 e. The molecule has 0 aliphatic carbocycles. The van der Waals surface area contributed by atoms with E-state index in [2.05, 4.69) is 56.3 Å². The van der Waals surface area contributed by atoms with Crippen molar-refractivity contribution in [2.75, 3.05) is 5.21 Å². The molecule has 0 aliphatic rings. The average Bonchev–Trinajstić information content (AvgIpc) is 2.49. The van der Waals surface area contributed by atoms with Gasteiger partial charge in [-0.2, -0.15) is 4.18 Å². The van der Waals surface area contributed by atoms with Crippen molar-refractivity contribution in [3.8, 4) is 0 Å². The van der Waals surface area contributed by atoms with E-state index >= 15 is 0 Å². The van der Waals surface area contributed by atoms with Gasteiger partial charge in [0.05, 0.1) is 10.9 Å². The molecule has 0 bridgehead atoms. The summed E-state index contributed by atoms with van der Waals surface area (Å²) in [5.41, 5.74) is 2.62. The number of aryl methyl sites for hydroxylation is 2. The van der Waals surface area contributed by atoms with Crippen molar-refractivity contribution in [2.45, 2.75) is 30.0 Å². The first-order valence-electron chi connectivity index (χ1n) is 7.05. The second-order valence-electron chi connectivity index (χ2n) is 5.02. The molecule has 0 amide bonds. The van der Waals surface area contributed by atoms with Crippen LogP contribution in [0.25, 0.3) is 0 Å². The first kappa shape index (κ1) is 22.8. The molecule has 0 radical (unpaired) electrons. The minimum atomic E-state index is -5.66. The van der Waals surface area contributed by atoms with Crippen molar-refractivity contribution in [3.63, 3.8) is 0 Å². The van der Waals surface area contributed by atoms with Crippen LogP contribution in [0.4, 0.5) is 13.2 Å². The Kier molecular flexibility index (Phi) is 8.42. The lowest BCUT2D eigenvalue weighted by Gasteiger charge is -2.08. The minimum absolute atomic E-state index is 0.0146. The van der Waals surface area contributed by atoms with Gasteiger partial charge in [-0.05, 0) is 37.6 Å². The van der Waals surface area contributed by atoms with Crippen molar-refractivity contribution in [1.29, 1.82) is 0 Å². The molecule has 0 N–H and O–H groups in total. The Morgan fingerprint density at radius 2 is 1.69 bits per heavy atom. The molecule has 0 saturated carbocycles. The lowest BCUT2D eigenvalue weighted by atomic mass is 10.2. The number of hydrogen-bond acceptors (Lipinski definition) is 4. The van der Waals surface area contributed by atoms with Gasteiger partial charge in [0.1, 0.15) is 0 Å². The average molecular weight is 429 g/mol. The predicted molar refractivity (Wildman–Crippen MR) is 93.8 cm³/mol. The fourth-order valence-electron chi connectivity index (χ4n) is 1.92. The van der Waals surface area contributed by atoms with Crippen LogP contribution in [-0.2, 0) is 25.5 Å². The molecule has 26 heavy (non-hydrogen) atoms. The van der Waals surface area contributed by atoms with Gasteiger partial charge in [0, 0.05) is 5.56 Å². The van der Waals surface area contributed by atoms with Gasteiger partial charge >= 0.3 is 6.36 Å². The molecule has 0 spiro atoms. The summed E-state index contributed by atoms with van der Waals surface area (Å²) in [4.78, 5) is 2.68. The van der Waals surface area contributed by atoms with Crippen LogP contribution in [0.1, 0.15) is 11.1 Å². The van der Waals surface area contributed by atoms with Crippen LogP contribution in [-0.4, -0.2) is 24.5 Å². The monoisotopic (exact) mass is 428 g/mol. The molecule has 2 aromatic carbocycles. The summed E-state index contributed by atoms with van der Waals surface area (Å²) < 4.78 is 61.7. The zero-order valence-corrected chi connectivity index (χ0v) is 16.2. The number of halogens is 4. The topological polar surface area (TPSA) is 66.4 Å². The molecule has 4 nitrogen and oxygen atoms in total. The Labute approximate surface area is 158 Å². The van der Waals surface area contributed by atoms with Crippen LogP contribution in [0.5, 0.6) is 0 Å². The molecule has 10 heteroatoms. The lowest BCUT2D eigenvalue weighted by Crippen LogP contribution is -2.18. The first-order valence-corrected chi connectivity index (χ1v) is 10.3. The Morgan fingerprint density at radius 1 is 1.12 bits per heavy atom. The van der Waals surface area contributed by atoms with Crippen molar-refractivity contribution >= 4 is 32.9 Å². The van der Waals surface area contributed by atoms with Gasteiger partial charge in [-0.15, -0.1) is 13.2 Å². The van der Waals surface area contributed by atoms with Gasteiger partial charge < -0.3 is 4.55 Å². The predicted octanol–water partition coefficient (Wildman–Crippen LogP) is 4.52. The Bertz CT molecular complexity index is 812. The molecule has 0 aromatic heterocycles. The maximum Gasteiger partial charge on any atom is 0.536 e. The lowest BCUT2D eigenvalue weighted by molar-refractivity contribution is -0.275. The second-order valence-corrected chi connectivity index (χ2v) is 8.57. The Morgan fingerprint density at radius 3 is 2.12 bits per heavy atom. The maximum absolute atomic E-state index is 10.8. The van der Waals surface area contributed by atoms with Gasteiger partial charge in [-0.25, -0.2) is 8.42 Å². The minimum Gasteiger partial charge on any atom is -0.725 e. The maximum atomic E-state index is 10.8. The van der Waals surface area contributed by atoms with Crippen molar-refractivity contribution in [1.82, 2.24) is 0 Å². The highest BCUT2D eigenvalue weighted by Crippen LogP contribution is 2.27. The van der Waals surface area contributed by atoms with Gasteiger partial charge in [-0.3, -0.25) is 0 Å². The molecule has 0 aliphatic heterocycles. The van der Waals surface area contributed by atoms with Crippen molar-refractivity contribution < 1.29 is 30.3 Å². The third kappa shape index (κ3) is 8.41. The second kappa shape index (κ2) is 9.61. The highest BCUT2D eigenvalue weighted by molar-refractivity contribution is 7.98. The zero-order chi connectivity index (χ0) is 20.0. The van der Waals surface area contributed by atoms with E-state index < -0.39 is 16.8 Å². The quantitative estimate of drug-likeness (QED) is 0.311. The van der Waals surface area contributed by atoms with Crippen molar-refractivity contribution in [3.05, 3.63) is 59.7 Å². The highest BCUT2D eigenvalue weighted by Gasteiger charge is 2.32. The van der Waals surface area contributed by atoms with Gasteiger partial charge in [0.15, 0.2) is 15.0 Å². The van der Waals surface area contributed by atoms with Gasteiger partial charge in [0.25, 0.3) is 0 Å². The number of alkyl halides is 4. The van der Waals surface area contributed by atoms with E-state index in [4.69, 9.17) is 24.6 Å². The molecule has 0 heterocycles. The summed E-state index contributed by atoms with van der Waals surface area (Å²) in [5, 5.41) is 0.647. The van der Waals surface area contributed by atoms with E-state index in [1.165, 1.54) is 20.9 Å². The van der Waals surface area contributed by atoms with Crippen LogP contribution in [0.3, 0.4) is 0 Å².